The van der Waals surface area contributed by atoms with Crippen LogP contribution in [0.15, 0.2) is 54.6 Å². The molecule has 3 aromatic rings. The fourth-order valence-corrected chi connectivity index (χ4v) is 4.42. The molecular weight excluding hydrogens is 333 g/mol. The molecule has 1 saturated carbocycles. The Morgan fingerprint density at radius 1 is 0.963 bits per heavy atom. The topological polar surface area (TPSA) is 23.8 Å². The number of benzene rings is 3. The van der Waals surface area contributed by atoms with Gasteiger partial charge >= 0.3 is 0 Å². The van der Waals surface area contributed by atoms with Gasteiger partial charge in [-0.05, 0) is 66.2 Å². The first-order valence-electron chi connectivity index (χ1n) is 9.92. The van der Waals surface area contributed by atoms with E-state index >= 15 is 4.39 Å². The number of hydrogen-bond acceptors (Lipinski definition) is 1. The third-order valence-electron chi connectivity index (χ3n) is 6.20. The van der Waals surface area contributed by atoms with Crippen LogP contribution >= 0.6 is 0 Å². The molecular formula is C25H24FN. The summed E-state index contributed by atoms with van der Waals surface area (Å²) in [4.78, 5) is 0. The van der Waals surface area contributed by atoms with Gasteiger partial charge in [0.05, 0.1) is 11.6 Å². The molecule has 27 heavy (non-hydrogen) atoms. The molecule has 1 aliphatic rings. The molecule has 0 atom stereocenters. The highest BCUT2D eigenvalue weighted by Gasteiger charge is 2.21. The lowest BCUT2D eigenvalue weighted by Crippen LogP contribution is -2.12. The van der Waals surface area contributed by atoms with Gasteiger partial charge in [-0.3, -0.25) is 0 Å². The highest BCUT2D eigenvalue weighted by Crippen LogP contribution is 2.38. The van der Waals surface area contributed by atoms with Crippen molar-refractivity contribution in [2.24, 2.45) is 5.92 Å². The predicted molar refractivity (Wildman–Crippen MR) is 109 cm³/mol. The predicted octanol–water partition coefficient (Wildman–Crippen LogP) is 7.20. The summed E-state index contributed by atoms with van der Waals surface area (Å²) in [5.74, 6) is 1.31. The summed E-state index contributed by atoms with van der Waals surface area (Å²) in [6.45, 7) is 2.29. The molecule has 0 bridgehead atoms. The first kappa shape index (κ1) is 17.7. The van der Waals surface area contributed by atoms with Crippen molar-refractivity contribution in [2.75, 3.05) is 0 Å². The maximum atomic E-state index is 15.1. The van der Waals surface area contributed by atoms with Crippen LogP contribution in [0.25, 0.3) is 21.9 Å². The smallest absolute Gasteiger partial charge is 0.138 e. The first-order valence-corrected chi connectivity index (χ1v) is 9.92. The van der Waals surface area contributed by atoms with E-state index in [1.54, 1.807) is 12.1 Å². The number of halogens is 1. The molecule has 1 aliphatic carbocycles. The molecule has 0 aliphatic heterocycles. The van der Waals surface area contributed by atoms with Gasteiger partial charge in [-0.15, -0.1) is 0 Å². The first-order chi connectivity index (χ1) is 13.2. The van der Waals surface area contributed by atoms with Crippen LogP contribution in [0.5, 0.6) is 0 Å². The number of rotatable bonds is 3. The van der Waals surface area contributed by atoms with Gasteiger partial charge in [0.15, 0.2) is 0 Å². The van der Waals surface area contributed by atoms with Gasteiger partial charge < -0.3 is 0 Å². The SMILES string of the molecule is CC[C@H]1CC[C@H](c2ccc3c(F)c(-c4ccc(C#N)cc4)ccc3c2)CC1. The fraction of sp³-hybridized carbons (Fsp3) is 0.320. The highest BCUT2D eigenvalue weighted by atomic mass is 19.1. The van der Waals surface area contributed by atoms with E-state index in [0.29, 0.717) is 22.4 Å². The number of hydrogen-bond donors (Lipinski definition) is 0. The zero-order chi connectivity index (χ0) is 18.8. The van der Waals surface area contributed by atoms with Gasteiger partial charge in [0.2, 0.25) is 0 Å². The molecule has 1 fully saturated rings. The Bertz CT molecular complexity index is 989. The Morgan fingerprint density at radius 3 is 2.37 bits per heavy atom. The molecule has 1 nitrogen and oxygen atoms in total. The van der Waals surface area contributed by atoms with Gasteiger partial charge in [0.25, 0.3) is 0 Å². The zero-order valence-electron chi connectivity index (χ0n) is 15.7. The Labute approximate surface area is 160 Å². The third kappa shape index (κ3) is 3.47. The van der Waals surface area contributed by atoms with E-state index < -0.39 is 0 Å². The normalized spacial score (nSPS) is 19.7. The lowest BCUT2D eigenvalue weighted by Gasteiger charge is -2.28. The molecule has 0 amide bonds. The Morgan fingerprint density at radius 2 is 1.70 bits per heavy atom. The molecule has 0 N–H and O–H groups in total. The second-order valence-electron chi connectivity index (χ2n) is 7.72. The summed E-state index contributed by atoms with van der Waals surface area (Å²) >= 11 is 0. The molecule has 0 aromatic heterocycles. The lowest BCUT2D eigenvalue weighted by molar-refractivity contribution is 0.319. The molecule has 4 rings (SSSR count). The van der Waals surface area contributed by atoms with Crippen LogP contribution in [0.4, 0.5) is 4.39 Å². The molecule has 3 aromatic carbocycles. The van der Waals surface area contributed by atoms with Crippen LogP contribution in [-0.4, -0.2) is 0 Å². The molecule has 0 heterocycles. The van der Waals surface area contributed by atoms with Crippen molar-refractivity contribution in [1.82, 2.24) is 0 Å². The second-order valence-corrected chi connectivity index (χ2v) is 7.72. The fourth-order valence-electron chi connectivity index (χ4n) is 4.42. The van der Waals surface area contributed by atoms with E-state index in [2.05, 4.69) is 25.1 Å². The van der Waals surface area contributed by atoms with E-state index in [9.17, 15) is 0 Å². The quantitative estimate of drug-likeness (QED) is 0.486. The van der Waals surface area contributed by atoms with Crippen LogP contribution in [0.2, 0.25) is 0 Å². The van der Waals surface area contributed by atoms with Crippen molar-refractivity contribution in [3.8, 4) is 17.2 Å². The average molecular weight is 357 g/mol. The van der Waals surface area contributed by atoms with Crippen molar-refractivity contribution in [3.05, 3.63) is 71.5 Å². The summed E-state index contributed by atoms with van der Waals surface area (Å²) in [6.07, 6.45) is 6.40. The van der Waals surface area contributed by atoms with Gasteiger partial charge in [0, 0.05) is 10.9 Å². The number of nitriles is 1. The van der Waals surface area contributed by atoms with E-state index in [1.165, 1.54) is 37.7 Å². The molecule has 0 unspecified atom stereocenters. The zero-order valence-corrected chi connectivity index (χ0v) is 15.7. The number of fused-ring (bicyclic) bond motifs is 1. The molecule has 136 valence electrons. The summed E-state index contributed by atoms with van der Waals surface area (Å²) in [5.41, 5.74) is 3.32. The third-order valence-corrected chi connectivity index (χ3v) is 6.20. The van der Waals surface area contributed by atoms with Crippen LogP contribution < -0.4 is 0 Å². The summed E-state index contributed by atoms with van der Waals surface area (Å²) in [7, 11) is 0. The van der Waals surface area contributed by atoms with E-state index in [-0.39, 0.29) is 5.82 Å². The standard InChI is InChI=1S/C25H24FN/c1-2-17-3-7-19(8-4-17)21-11-13-24-22(15-21)12-14-23(25(24)26)20-9-5-18(16-27)6-10-20/h5-6,9-15,17,19H,2-4,7-8H2,1H3/t17-,19-. The van der Waals surface area contributed by atoms with Crippen molar-refractivity contribution in [1.29, 1.82) is 5.26 Å². The van der Waals surface area contributed by atoms with E-state index in [0.717, 1.165) is 16.9 Å². The maximum absolute atomic E-state index is 15.1. The second kappa shape index (κ2) is 7.53. The molecule has 0 saturated heterocycles. The Balaban J connectivity index is 1.65. The lowest BCUT2D eigenvalue weighted by atomic mass is 9.77. The van der Waals surface area contributed by atoms with Crippen molar-refractivity contribution in [3.63, 3.8) is 0 Å². The molecule has 2 heteroatoms. The van der Waals surface area contributed by atoms with Crippen molar-refractivity contribution >= 4 is 10.8 Å². The Kier molecular flexibility index (Phi) is 4.94. The summed E-state index contributed by atoms with van der Waals surface area (Å²) in [5, 5.41) is 10.6. The van der Waals surface area contributed by atoms with Crippen molar-refractivity contribution < 1.29 is 4.39 Å². The average Bonchev–Trinajstić information content (AvgIpc) is 2.74. The summed E-state index contributed by atoms with van der Waals surface area (Å²) in [6, 6.07) is 19.3. The van der Waals surface area contributed by atoms with Crippen LogP contribution in [0.3, 0.4) is 0 Å². The van der Waals surface area contributed by atoms with Gasteiger partial charge in [-0.2, -0.15) is 5.26 Å². The van der Waals surface area contributed by atoms with Crippen molar-refractivity contribution in [2.45, 2.75) is 44.9 Å². The molecule has 0 spiro atoms. The van der Waals surface area contributed by atoms with Crippen LogP contribution in [-0.2, 0) is 0 Å². The minimum absolute atomic E-state index is 0.182. The summed E-state index contributed by atoms with van der Waals surface area (Å²) < 4.78 is 15.1. The molecule has 0 radical (unpaired) electrons. The monoisotopic (exact) mass is 357 g/mol. The van der Waals surface area contributed by atoms with Crippen LogP contribution in [0.1, 0.15) is 56.1 Å². The van der Waals surface area contributed by atoms with Gasteiger partial charge in [-0.1, -0.05) is 55.8 Å². The highest BCUT2D eigenvalue weighted by molar-refractivity contribution is 5.89. The van der Waals surface area contributed by atoms with Crippen LogP contribution in [0, 0.1) is 23.1 Å². The Hall–Kier alpha value is -2.66. The maximum Gasteiger partial charge on any atom is 0.138 e. The largest absolute Gasteiger partial charge is 0.206 e. The number of nitrogens with zero attached hydrogens (tertiary/aromatic N) is 1. The van der Waals surface area contributed by atoms with E-state index in [4.69, 9.17) is 5.26 Å². The van der Waals surface area contributed by atoms with Gasteiger partial charge in [-0.25, -0.2) is 4.39 Å². The van der Waals surface area contributed by atoms with E-state index in [1.807, 2.05) is 30.3 Å². The minimum Gasteiger partial charge on any atom is -0.206 e. The minimum atomic E-state index is -0.182. The van der Waals surface area contributed by atoms with Gasteiger partial charge in [0.1, 0.15) is 5.82 Å².